The van der Waals surface area contributed by atoms with E-state index in [0.717, 1.165) is 11.3 Å². The van der Waals surface area contributed by atoms with E-state index in [1.54, 1.807) is 32.1 Å². The first-order valence-electron chi connectivity index (χ1n) is 4.82. The molecule has 0 aromatic rings. The zero-order valence-corrected chi connectivity index (χ0v) is 6.77. The third-order valence-electron chi connectivity index (χ3n) is 4.32. The van der Waals surface area contributed by atoms with Crippen molar-refractivity contribution in [2.75, 3.05) is 0 Å². The van der Waals surface area contributed by atoms with E-state index in [1.165, 1.54) is 11.8 Å². The average molecular weight is 136 g/mol. The number of rotatable bonds is 1. The maximum Gasteiger partial charge on any atom is -0.0266 e. The summed E-state index contributed by atoms with van der Waals surface area (Å²) in [5, 5.41) is 0. The summed E-state index contributed by atoms with van der Waals surface area (Å²) in [6, 6.07) is 0. The number of hydrogen-bond acceptors (Lipinski definition) is 0. The molecule has 0 aliphatic heterocycles. The fourth-order valence-electron chi connectivity index (χ4n) is 3.08. The van der Waals surface area contributed by atoms with E-state index in [1.807, 2.05) is 0 Å². The minimum atomic E-state index is 0.954. The monoisotopic (exact) mass is 136 g/mol. The molecule has 0 radical (unpaired) electrons. The van der Waals surface area contributed by atoms with Gasteiger partial charge < -0.3 is 0 Å². The van der Waals surface area contributed by atoms with Gasteiger partial charge in [-0.15, -0.1) is 0 Å². The van der Waals surface area contributed by atoms with Crippen molar-refractivity contribution in [3.63, 3.8) is 0 Å². The van der Waals surface area contributed by atoms with Gasteiger partial charge in [-0.25, -0.2) is 0 Å². The molecule has 0 aromatic carbocycles. The molecule has 3 unspecified atom stereocenters. The standard InChI is InChI=1S/C10H16/c1-7-6-8(7)9-2-3-10(9)4-5-10/h7-9H,2-6H2,1H3. The van der Waals surface area contributed by atoms with Gasteiger partial charge in [0, 0.05) is 0 Å². The Labute approximate surface area is 63.0 Å². The molecule has 3 rings (SSSR count). The Morgan fingerprint density at radius 1 is 1.20 bits per heavy atom. The van der Waals surface area contributed by atoms with E-state index in [9.17, 15) is 0 Å². The second kappa shape index (κ2) is 1.44. The summed E-state index contributed by atoms with van der Waals surface area (Å²) in [6.45, 7) is 2.43. The van der Waals surface area contributed by atoms with Crippen molar-refractivity contribution in [3.8, 4) is 0 Å². The summed E-state index contributed by atoms with van der Waals surface area (Å²) in [7, 11) is 0. The van der Waals surface area contributed by atoms with Crippen LogP contribution in [0.2, 0.25) is 0 Å². The Kier molecular flexibility index (Phi) is 0.810. The van der Waals surface area contributed by atoms with Gasteiger partial charge in [0.25, 0.3) is 0 Å². The van der Waals surface area contributed by atoms with Crippen LogP contribution in [0.3, 0.4) is 0 Å². The second-order valence-electron chi connectivity index (χ2n) is 4.88. The number of hydrogen-bond donors (Lipinski definition) is 0. The molecule has 0 heteroatoms. The summed E-state index contributed by atoms with van der Waals surface area (Å²) in [4.78, 5) is 0. The van der Waals surface area contributed by atoms with Crippen LogP contribution in [-0.2, 0) is 0 Å². The SMILES string of the molecule is CC1CC1C1CCC12CC2. The first-order chi connectivity index (χ1) is 4.82. The summed E-state index contributed by atoms with van der Waals surface area (Å²) in [6.07, 6.45) is 7.89. The van der Waals surface area contributed by atoms with E-state index in [2.05, 4.69) is 6.92 Å². The van der Waals surface area contributed by atoms with Crippen LogP contribution in [0.25, 0.3) is 0 Å². The molecule has 0 nitrogen and oxygen atoms in total. The van der Waals surface area contributed by atoms with E-state index >= 15 is 0 Å². The fourth-order valence-corrected chi connectivity index (χ4v) is 3.08. The molecule has 0 heterocycles. The molecular weight excluding hydrogens is 120 g/mol. The van der Waals surface area contributed by atoms with E-state index in [0.29, 0.717) is 0 Å². The van der Waals surface area contributed by atoms with Crippen LogP contribution >= 0.6 is 0 Å². The first-order valence-corrected chi connectivity index (χ1v) is 4.82. The Hall–Kier alpha value is 0. The molecule has 3 fully saturated rings. The molecule has 1 spiro atoms. The molecule has 56 valence electrons. The third-order valence-corrected chi connectivity index (χ3v) is 4.32. The quantitative estimate of drug-likeness (QED) is 0.520. The van der Waals surface area contributed by atoms with E-state index in [4.69, 9.17) is 0 Å². The average Bonchev–Trinajstić information content (AvgIpc) is 2.64. The smallest absolute Gasteiger partial charge is 0.0266 e. The maximum absolute atomic E-state index is 2.43. The highest BCUT2D eigenvalue weighted by atomic mass is 14.7. The van der Waals surface area contributed by atoms with E-state index < -0.39 is 0 Å². The molecule has 3 atom stereocenters. The van der Waals surface area contributed by atoms with Gasteiger partial charge in [-0.3, -0.25) is 0 Å². The van der Waals surface area contributed by atoms with Crippen molar-refractivity contribution in [2.24, 2.45) is 23.2 Å². The zero-order chi connectivity index (χ0) is 6.77. The van der Waals surface area contributed by atoms with Crippen LogP contribution in [-0.4, -0.2) is 0 Å². The van der Waals surface area contributed by atoms with Gasteiger partial charge in [-0.2, -0.15) is 0 Å². The highest BCUT2D eigenvalue weighted by Gasteiger charge is 2.61. The molecule has 0 saturated heterocycles. The van der Waals surface area contributed by atoms with Crippen LogP contribution in [0, 0.1) is 23.2 Å². The van der Waals surface area contributed by atoms with Crippen molar-refractivity contribution < 1.29 is 0 Å². The van der Waals surface area contributed by atoms with Crippen molar-refractivity contribution in [1.29, 1.82) is 0 Å². The summed E-state index contributed by atoms with van der Waals surface area (Å²) in [5.74, 6) is 3.47. The second-order valence-corrected chi connectivity index (χ2v) is 4.88. The predicted octanol–water partition coefficient (Wildman–Crippen LogP) is 2.83. The van der Waals surface area contributed by atoms with Crippen LogP contribution in [0.1, 0.15) is 39.0 Å². The van der Waals surface area contributed by atoms with Gasteiger partial charge in [-0.05, 0) is 55.3 Å². The summed E-state index contributed by atoms with van der Waals surface area (Å²) < 4.78 is 0. The zero-order valence-electron chi connectivity index (χ0n) is 6.77. The van der Waals surface area contributed by atoms with Crippen LogP contribution in [0.15, 0.2) is 0 Å². The molecule has 3 aliphatic rings. The maximum atomic E-state index is 2.43. The topological polar surface area (TPSA) is 0 Å². The normalized spacial score (nSPS) is 54.3. The molecule has 0 aromatic heterocycles. The highest BCUT2D eigenvalue weighted by molar-refractivity contribution is 5.11. The van der Waals surface area contributed by atoms with Gasteiger partial charge in [-0.1, -0.05) is 6.92 Å². The predicted molar refractivity (Wildman–Crippen MR) is 41.7 cm³/mol. The lowest BCUT2D eigenvalue weighted by Crippen LogP contribution is -2.29. The summed E-state index contributed by atoms with van der Waals surface area (Å²) >= 11 is 0. The van der Waals surface area contributed by atoms with Crippen molar-refractivity contribution in [1.82, 2.24) is 0 Å². The molecule has 0 bridgehead atoms. The van der Waals surface area contributed by atoms with Gasteiger partial charge in [0.1, 0.15) is 0 Å². The van der Waals surface area contributed by atoms with Crippen LogP contribution in [0.5, 0.6) is 0 Å². The Morgan fingerprint density at radius 2 is 1.90 bits per heavy atom. The van der Waals surface area contributed by atoms with Gasteiger partial charge >= 0.3 is 0 Å². The lowest BCUT2D eigenvalue weighted by molar-refractivity contribution is 0.118. The Balaban J connectivity index is 1.72. The van der Waals surface area contributed by atoms with Crippen molar-refractivity contribution in [3.05, 3.63) is 0 Å². The van der Waals surface area contributed by atoms with Gasteiger partial charge in [0.2, 0.25) is 0 Å². The minimum Gasteiger partial charge on any atom is -0.0622 e. The molecule has 0 N–H and O–H groups in total. The Bertz CT molecular complexity index is 167. The lowest BCUT2D eigenvalue weighted by atomic mass is 9.67. The molecular formula is C10H16. The summed E-state index contributed by atoms with van der Waals surface area (Å²) in [5.41, 5.74) is 0.954. The largest absolute Gasteiger partial charge is 0.0622 e. The molecule has 10 heavy (non-hydrogen) atoms. The third kappa shape index (κ3) is 0.538. The highest BCUT2D eigenvalue weighted by Crippen LogP contribution is 2.70. The fraction of sp³-hybridized carbons (Fsp3) is 1.00. The minimum absolute atomic E-state index is 0.954. The van der Waals surface area contributed by atoms with Crippen molar-refractivity contribution in [2.45, 2.75) is 39.0 Å². The lowest BCUT2D eigenvalue weighted by Gasteiger charge is -2.38. The van der Waals surface area contributed by atoms with Crippen molar-refractivity contribution >= 4 is 0 Å². The van der Waals surface area contributed by atoms with Crippen LogP contribution in [0.4, 0.5) is 0 Å². The van der Waals surface area contributed by atoms with E-state index in [-0.39, 0.29) is 0 Å². The van der Waals surface area contributed by atoms with Gasteiger partial charge in [0.15, 0.2) is 0 Å². The molecule has 3 saturated carbocycles. The molecule has 0 amide bonds. The molecule has 3 aliphatic carbocycles. The first kappa shape index (κ1) is 5.62. The Morgan fingerprint density at radius 3 is 2.20 bits per heavy atom. The van der Waals surface area contributed by atoms with Gasteiger partial charge in [0.05, 0.1) is 0 Å². The van der Waals surface area contributed by atoms with Crippen LogP contribution < -0.4 is 0 Å².